The molecule has 0 radical (unpaired) electrons. The minimum Gasteiger partial charge on any atom is -0.322 e. The summed E-state index contributed by atoms with van der Waals surface area (Å²) in [7, 11) is 0. The lowest BCUT2D eigenvalue weighted by Gasteiger charge is -2.08. The predicted molar refractivity (Wildman–Crippen MR) is 125 cm³/mol. The number of nitrogens with one attached hydrogen (secondary N) is 1. The summed E-state index contributed by atoms with van der Waals surface area (Å²) in [5.41, 5.74) is 3.98. The zero-order valence-corrected chi connectivity index (χ0v) is 17.9. The van der Waals surface area contributed by atoms with Crippen molar-refractivity contribution in [3.8, 4) is 22.6 Å². The number of carbonyl (C=O) groups excluding carboxylic acids is 1. The van der Waals surface area contributed by atoms with Crippen LogP contribution in [0.3, 0.4) is 0 Å². The fourth-order valence-electron chi connectivity index (χ4n) is 3.53. The first-order chi connectivity index (χ1) is 16.5. The van der Waals surface area contributed by atoms with E-state index in [1.165, 1.54) is 6.07 Å². The van der Waals surface area contributed by atoms with Crippen LogP contribution < -0.4 is 5.32 Å². The molecular weight excluding hydrogens is 434 g/mol. The van der Waals surface area contributed by atoms with E-state index in [4.69, 9.17) is 0 Å². The summed E-state index contributed by atoms with van der Waals surface area (Å²) in [6.45, 7) is 1.63. The summed E-state index contributed by atoms with van der Waals surface area (Å²) in [5.74, 6) is 0.145. The first-order valence-electron chi connectivity index (χ1n) is 10.3. The molecular formula is C24H17N7O3. The SMILES string of the molecule is Cc1ccc(C(=O)Nc2cccc(-c3ccc4nnc(-c5ccncc5)n4n3)c2)cc1[N+](=O)[O-]. The molecule has 34 heavy (non-hydrogen) atoms. The van der Waals surface area contributed by atoms with Gasteiger partial charge in [0.2, 0.25) is 0 Å². The molecule has 5 aromatic rings. The number of hydrogen-bond acceptors (Lipinski definition) is 7. The number of benzene rings is 2. The van der Waals surface area contributed by atoms with Gasteiger partial charge in [0.15, 0.2) is 11.5 Å². The van der Waals surface area contributed by atoms with Gasteiger partial charge >= 0.3 is 0 Å². The molecule has 166 valence electrons. The third kappa shape index (κ3) is 3.95. The van der Waals surface area contributed by atoms with E-state index in [0.29, 0.717) is 28.4 Å². The van der Waals surface area contributed by atoms with Crippen molar-refractivity contribution in [2.24, 2.45) is 0 Å². The Bertz CT molecular complexity index is 1550. The highest BCUT2D eigenvalue weighted by atomic mass is 16.6. The van der Waals surface area contributed by atoms with Crippen molar-refractivity contribution in [2.75, 3.05) is 5.32 Å². The maximum absolute atomic E-state index is 12.7. The highest BCUT2D eigenvalue weighted by Crippen LogP contribution is 2.24. The lowest BCUT2D eigenvalue weighted by atomic mass is 10.1. The van der Waals surface area contributed by atoms with Gasteiger partial charge in [0.25, 0.3) is 11.6 Å². The van der Waals surface area contributed by atoms with Crippen LogP contribution in [0.25, 0.3) is 28.3 Å². The number of aromatic nitrogens is 5. The third-order valence-electron chi connectivity index (χ3n) is 5.29. The largest absolute Gasteiger partial charge is 0.322 e. The second kappa shape index (κ2) is 8.51. The molecule has 0 aliphatic rings. The van der Waals surface area contributed by atoms with Gasteiger partial charge in [-0.25, -0.2) is 0 Å². The van der Waals surface area contributed by atoms with Gasteiger partial charge in [-0.2, -0.15) is 9.61 Å². The molecule has 0 saturated heterocycles. The zero-order chi connectivity index (χ0) is 23.7. The number of fused-ring (bicyclic) bond motifs is 1. The highest BCUT2D eigenvalue weighted by molar-refractivity contribution is 6.05. The fraction of sp³-hybridized carbons (Fsp3) is 0.0417. The van der Waals surface area contributed by atoms with Crippen LogP contribution in [-0.4, -0.2) is 35.6 Å². The van der Waals surface area contributed by atoms with Gasteiger partial charge in [0, 0.05) is 46.4 Å². The Hall–Kier alpha value is -4.99. The molecule has 0 fully saturated rings. The number of nitro benzene ring substituents is 1. The van der Waals surface area contributed by atoms with Crippen molar-refractivity contribution in [1.82, 2.24) is 24.8 Å². The minimum atomic E-state index is -0.500. The summed E-state index contributed by atoms with van der Waals surface area (Å²) in [6.07, 6.45) is 3.35. The Balaban J connectivity index is 1.45. The number of amides is 1. The van der Waals surface area contributed by atoms with Gasteiger partial charge in [-0.1, -0.05) is 18.2 Å². The number of pyridine rings is 1. The first-order valence-corrected chi connectivity index (χ1v) is 10.3. The fourth-order valence-corrected chi connectivity index (χ4v) is 3.53. The van der Waals surface area contributed by atoms with E-state index < -0.39 is 10.8 Å². The van der Waals surface area contributed by atoms with Crippen LogP contribution in [0, 0.1) is 17.0 Å². The van der Waals surface area contributed by atoms with Gasteiger partial charge < -0.3 is 5.32 Å². The summed E-state index contributed by atoms with van der Waals surface area (Å²) in [6, 6.07) is 18.9. The van der Waals surface area contributed by atoms with Crippen LogP contribution in [0.15, 0.2) is 79.1 Å². The molecule has 3 aromatic heterocycles. The zero-order valence-electron chi connectivity index (χ0n) is 17.9. The average molecular weight is 451 g/mol. The lowest BCUT2D eigenvalue weighted by Crippen LogP contribution is -2.12. The quantitative estimate of drug-likeness (QED) is 0.311. The minimum absolute atomic E-state index is 0.0992. The molecule has 5 rings (SSSR count). The monoisotopic (exact) mass is 451 g/mol. The van der Waals surface area contributed by atoms with Crippen LogP contribution in [0.5, 0.6) is 0 Å². The molecule has 1 amide bonds. The molecule has 2 aromatic carbocycles. The van der Waals surface area contributed by atoms with Crippen molar-refractivity contribution < 1.29 is 9.72 Å². The van der Waals surface area contributed by atoms with E-state index in [0.717, 1.165) is 11.1 Å². The summed E-state index contributed by atoms with van der Waals surface area (Å²) < 4.78 is 1.65. The molecule has 0 spiro atoms. The number of anilines is 1. The van der Waals surface area contributed by atoms with Crippen LogP contribution in [-0.2, 0) is 0 Å². The van der Waals surface area contributed by atoms with Crippen molar-refractivity contribution in [3.05, 3.63) is 100 Å². The second-order valence-corrected chi connectivity index (χ2v) is 7.54. The van der Waals surface area contributed by atoms with Gasteiger partial charge in [-0.3, -0.25) is 19.9 Å². The first kappa shape index (κ1) is 20.9. The van der Waals surface area contributed by atoms with Crippen molar-refractivity contribution in [2.45, 2.75) is 6.92 Å². The van der Waals surface area contributed by atoms with Gasteiger partial charge in [0.1, 0.15) is 0 Å². The standard InChI is InChI=1S/C24H17N7O3/c1-15-5-6-18(14-21(15)31(33)34)24(32)26-19-4-2-3-17(13-19)20-7-8-22-27-28-23(30(22)29-20)16-9-11-25-12-10-16/h2-14H,1H3,(H,26,32). The Labute approximate surface area is 193 Å². The van der Waals surface area contributed by atoms with Crippen molar-refractivity contribution in [1.29, 1.82) is 0 Å². The summed E-state index contributed by atoms with van der Waals surface area (Å²) in [5, 5.41) is 27.1. The molecule has 0 aliphatic heterocycles. The van der Waals surface area contributed by atoms with E-state index in [2.05, 4.69) is 25.6 Å². The number of nitro groups is 1. The molecule has 0 unspecified atom stereocenters. The van der Waals surface area contributed by atoms with Crippen LogP contribution in [0.1, 0.15) is 15.9 Å². The molecule has 10 heteroatoms. The molecule has 0 bridgehead atoms. The van der Waals surface area contributed by atoms with Gasteiger partial charge in [-0.15, -0.1) is 10.2 Å². The van der Waals surface area contributed by atoms with E-state index >= 15 is 0 Å². The van der Waals surface area contributed by atoms with Crippen LogP contribution in [0.4, 0.5) is 11.4 Å². The van der Waals surface area contributed by atoms with E-state index in [-0.39, 0.29) is 11.3 Å². The molecule has 10 nitrogen and oxygen atoms in total. The number of rotatable bonds is 5. The highest BCUT2D eigenvalue weighted by Gasteiger charge is 2.16. The van der Waals surface area contributed by atoms with Gasteiger partial charge in [-0.05, 0) is 49.4 Å². The number of hydrogen-bond donors (Lipinski definition) is 1. The van der Waals surface area contributed by atoms with E-state index in [1.54, 1.807) is 54.2 Å². The molecule has 0 atom stereocenters. The maximum Gasteiger partial charge on any atom is 0.273 e. The molecule has 0 saturated carbocycles. The van der Waals surface area contributed by atoms with Crippen molar-refractivity contribution in [3.63, 3.8) is 0 Å². The molecule has 0 aliphatic carbocycles. The smallest absolute Gasteiger partial charge is 0.273 e. The van der Waals surface area contributed by atoms with Crippen LogP contribution in [0.2, 0.25) is 0 Å². The molecule has 1 N–H and O–H groups in total. The number of nitrogens with zero attached hydrogens (tertiary/aromatic N) is 6. The second-order valence-electron chi connectivity index (χ2n) is 7.54. The molecule has 3 heterocycles. The van der Waals surface area contributed by atoms with Gasteiger partial charge in [0.05, 0.1) is 10.6 Å². The summed E-state index contributed by atoms with van der Waals surface area (Å²) >= 11 is 0. The van der Waals surface area contributed by atoms with E-state index in [1.807, 2.05) is 30.3 Å². The van der Waals surface area contributed by atoms with Crippen LogP contribution >= 0.6 is 0 Å². The Morgan fingerprint density at radius 3 is 2.59 bits per heavy atom. The Morgan fingerprint density at radius 1 is 0.971 bits per heavy atom. The normalized spacial score (nSPS) is 10.9. The van der Waals surface area contributed by atoms with E-state index in [9.17, 15) is 14.9 Å². The summed E-state index contributed by atoms with van der Waals surface area (Å²) in [4.78, 5) is 27.4. The third-order valence-corrected chi connectivity index (χ3v) is 5.29. The maximum atomic E-state index is 12.7. The Morgan fingerprint density at radius 2 is 1.79 bits per heavy atom. The predicted octanol–water partition coefficient (Wildman–Crippen LogP) is 4.32. The number of aryl methyl sites for hydroxylation is 1. The average Bonchev–Trinajstić information content (AvgIpc) is 3.28. The topological polar surface area (TPSA) is 128 Å². The lowest BCUT2D eigenvalue weighted by molar-refractivity contribution is -0.385. The number of carbonyl (C=O) groups is 1. The Kier molecular flexibility index (Phi) is 5.23. The van der Waals surface area contributed by atoms with Crippen molar-refractivity contribution >= 4 is 22.9 Å².